The van der Waals surface area contributed by atoms with E-state index < -0.39 is 0 Å². The van der Waals surface area contributed by atoms with Gasteiger partial charge in [0.05, 0.1) is 17.5 Å². The Morgan fingerprint density at radius 1 is 1.23 bits per heavy atom. The third kappa shape index (κ3) is 3.02. The summed E-state index contributed by atoms with van der Waals surface area (Å²) in [5, 5.41) is 7.46. The standard InChI is InChI=1S/C21H23N7O2/c1-12(2)18-15-9-22-21(25-16-10-27-17(8-13(16)3)23-11-24-27)26-19(15)28(20(18)29)14-4-6-30-7-5-14/h8-11,14H,4-7H2,1-3H3,(H,22,25,26). The Kier molecular flexibility index (Phi) is 4.47. The van der Waals surface area contributed by atoms with E-state index in [1.54, 1.807) is 10.7 Å². The van der Waals surface area contributed by atoms with Crippen LogP contribution in [0.15, 0.2) is 30.4 Å². The topological polar surface area (TPSA) is 97.5 Å². The number of hydrogen-bond donors (Lipinski definition) is 1. The van der Waals surface area contributed by atoms with E-state index in [1.165, 1.54) is 6.33 Å². The smallest absolute Gasteiger partial charge is 0.260 e. The van der Waals surface area contributed by atoms with Gasteiger partial charge in [-0.1, -0.05) is 5.57 Å². The van der Waals surface area contributed by atoms with Gasteiger partial charge in [-0.15, -0.1) is 0 Å². The number of fused-ring (bicyclic) bond motifs is 2. The molecule has 3 aromatic rings. The molecule has 0 spiro atoms. The maximum absolute atomic E-state index is 13.3. The molecule has 30 heavy (non-hydrogen) atoms. The average molecular weight is 405 g/mol. The van der Waals surface area contributed by atoms with Crippen LogP contribution in [0.25, 0.3) is 11.2 Å². The summed E-state index contributed by atoms with van der Waals surface area (Å²) in [6.45, 7) is 7.20. The molecule has 0 atom stereocenters. The maximum atomic E-state index is 13.3. The lowest BCUT2D eigenvalue weighted by atomic mass is 10.1. The molecule has 0 aliphatic carbocycles. The minimum atomic E-state index is 0.00330. The van der Waals surface area contributed by atoms with E-state index in [9.17, 15) is 4.79 Å². The Morgan fingerprint density at radius 3 is 2.80 bits per heavy atom. The second kappa shape index (κ2) is 7.17. The maximum Gasteiger partial charge on any atom is 0.260 e. The predicted molar refractivity (Wildman–Crippen MR) is 113 cm³/mol. The fourth-order valence-corrected chi connectivity index (χ4v) is 4.10. The number of aromatic nitrogens is 5. The van der Waals surface area contributed by atoms with Crippen molar-refractivity contribution in [3.05, 3.63) is 41.5 Å². The molecule has 1 amide bonds. The molecule has 1 fully saturated rings. The second-order valence-corrected chi connectivity index (χ2v) is 7.88. The molecule has 1 N–H and O–H groups in total. The molecule has 2 aliphatic rings. The van der Waals surface area contributed by atoms with Gasteiger partial charge in [-0.3, -0.25) is 9.69 Å². The van der Waals surface area contributed by atoms with E-state index in [4.69, 9.17) is 9.72 Å². The lowest BCUT2D eigenvalue weighted by Gasteiger charge is -2.30. The molecule has 154 valence electrons. The van der Waals surface area contributed by atoms with Crippen molar-refractivity contribution in [2.24, 2.45) is 0 Å². The first kappa shape index (κ1) is 18.7. The number of rotatable bonds is 3. The number of carbonyl (C=O) groups excluding carboxylic acids is 1. The first-order valence-electron chi connectivity index (χ1n) is 10.1. The molecule has 0 unspecified atom stereocenters. The fraction of sp³-hybridized carbons (Fsp3) is 0.381. The zero-order valence-corrected chi connectivity index (χ0v) is 17.2. The molecule has 9 heteroatoms. The number of nitrogens with zero attached hydrogens (tertiary/aromatic N) is 6. The highest BCUT2D eigenvalue weighted by atomic mass is 16.5. The van der Waals surface area contributed by atoms with Crippen LogP contribution in [0.5, 0.6) is 0 Å². The van der Waals surface area contributed by atoms with Gasteiger partial charge in [0.1, 0.15) is 12.1 Å². The summed E-state index contributed by atoms with van der Waals surface area (Å²) in [6, 6.07) is 2.03. The lowest BCUT2D eigenvalue weighted by molar-refractivity contribution is -0.113. The molecule has 2 aliphatic heterocycles. The van der Waals surface area contributed by atoms with Crippen molar-refractivity contribution in [3.8, 4) is 0 Å². The van der Waals surface area contributed by atoms with Gasteiger partial charge < -0.3 is 10.1 Å². The highest BCUT2D eigenvalue weighted by molar-refractivity contribution is 6.32. The predicted octanol–water partition coefficient (Wildman–Crippen LogP) is 2.89. The Hall–Kier alpha value is -3.33. The van der Waals surface area contributed by atoms with Crippen LogP contribution in [0.1, 0.15) is 37.8 Å². The fourth-order valence-electron chi connectivity index (χ4n) is 4.10. The molecular formula is C21H23N7O2. The van der Waals surface area contributed by atoms with Crippen LogP contribution in [0, 0.1) is 6.92 Å². The van der Waals surface area contributed by atoms with Crippen LogP contribution in [0.4, 0.5) is 17.5 Å². The number of hydrogen-bond acceptors (Lipinski definition) is 7. The minimum absolute atomic E-state index is 0.00330. The van der Waals surface area contributed by atoms with Gasteiger partial charge in [0.25, 0.3) is 5.91 Å². The Bertz CT molecular complexity index is 1170. The van der Waals surface area contributed by atoms with Crippen LogP contribution in [-0.4, -0.2) is 49.7 Å². The van der Waals surface area contributed by atoms with Crippen molar-refractivity contribution in [2.45, 2.75) is 39.7 Å². The molecule has 0 radical (unpaired) electrons. The van der Waals surface area contributed by atoms with Gasteiger partial charge in [0.15, 0.2) is 5.65 Å². The molecule has 3 aromatic heterocycles. The van der Waals surface area contributed by atoms with E-state index in [1.807, 2.05) is 37.9 Å². The Balaban J connectivity index is 1.55. The lowest BCUT2D eigenvalue weighted by Crippen LogP contribution is -2.41. The van der Waals surface area contributed by atoms with Crippen LogP contribution >= 0.6 is 0 Å². The van der Waals surface area contributed by atoms with Gasteiger partial charge in [-0.25, -0.2) is 14.5 Å². The number of allylic oxidation sites excluding steroid dienone is 1. The van der Waals surface area contributed by atoms with E-state index in [0.29, 0.717) is 30.6 Å². The zero-order chi connectivity index (χ0) is 20.8. The summed E-state index contributed by atoms with van der Waals surface area (Å²) in [4.78, 5) is 28.6. The van der Waals surface area contributed by atoms with Gasteiger partial charge in [0.2, 0.25) is 5.95 Å². The van der Waals surface area contributed by atoms with Crippen molar-refractivity contribution in [2.75, 3.05) is 23.4 Å². The van der Waals surface area contributed by atoms with Crippen molar-refractivity contribution in [1.29, 1.82) is 0 Å². The van der Waals surface area contributed by atoms with Crippen molar-refractivity contribution < 1.29 is 9.53 Å². The number of nitrogens with one attached hydrogen (secondary N) is 1. The molecule has 5 heterocycles. The van der Waals surface area contributed by atoms with Crippen molar-refractivity contribution >= 4 is 34.6 Å². The summed E-state index contributed by atoms with van der Waals surface area (Å²) in [7, 11) is 0. The number of aryl methyl sites for hydroxylation is 1. The van der Waals surface area contributed by atoms with Crippen LogP contribution in [-0.2, 0) is 9.53 Å². The largest absolute Gasteiger partial charge is 0.381 e. The number of carbonyl (C=O) groups is 1. The summed E-state index contributed by atoms with van der Waals surface area (Å²) in [6.07, 6.45) is 6.72. The highest BCUT2D eigenvalue weighted by Crippen LogP contribution is 2.40. The van der Waals surface area contributed by atoms with Gasteiger partial charge >= 0.3 is 0 Å². The van der Waals surface area contributed by atoms with E-state index in [2.05, 4.69) is 20.4 Å². The van der Waals surface area contributed by atoms with E-state index >= 15 is 0 Å². The molecule has 0 bridgehead atoms. The number of ether oxygens (including phenoxy) is 1. The molecule has 9 nitrogen and oxygen atoms in total. The van der Waals surface area contributed by atoms with Crippen molar-refractivity contribution in [3.63, 3.8) is 0 Å². The first-order valence-corrected chi connectivity index (χ1v) is 10.1. The molecule has 0 saturated carbocycles. The molecule has 0 aromatic carbocycles. The van der Waals surface area contributed by atoms with Crippen molar-refractivity contribution in [1.82, 2.24) is 24.6 Å². The van der Waals surface area contributed by atoms with Crippen LogP contribution in [0.2, 0.25) is 0 Å². The first-order chi connectivity index (χ1) is 14.5. The number of anilines is 3. The summed E-state index contributed by atoms with van der Waals surface area (Å²) in [5.41, 5.74) is 5.06. The molecule has 1 saturated heterocycles. The third-order valence-electron chi connectivity index (χ3n) is 5.62. The zero-order valence-electron chi connectivity index (χ0n) is 17.2. The quantitative estimate of drug-likeness (QED) is 0.669. The van der Waals surface area contributed by atoms with Crippen LogP contribution < -0.4 is 10.2 Å². The molecular weight excluding hydrogens is 382 g/mol. The highest BCUT2D eigenvalue weighted by Gasteiger charge is 2.39. The SMILES string of the molecule is CC(C)=C1C(=O)N(C2CCOCC2)c2nc(Nc3cn4ncnc4cc3C)ncc21. The monoisotopic (exact) mass is 405 g/mol. The van der Waals surface area contributed by atoms with Gasteiger partial charge in [0, 0.05) is 31.0 Å². The summed E-state index contributed by atoms with van der Waals surface area (Å²) in [5.74, 6) is 1.11. The van der Waals surface area contributed by atoms with Crippen LogP contribution in [0.3, 0.4) is 0 Å². The number of pyridine rings is 1. The minimum Gasteiger partial charge on any atom is -0.381 e. The molecule has 5 rings (SSSR count). The van der Waals surface area contributed by atoms with Gasteiger partial charge in [-0.2, -0.15) is 10.1 Å². The third-order valence-corrected chi connectivity index (χ3v) is 5.62. The van der Waals surface area contributed by atoms with E-state index in [-0.39, 0.29) is 11.9 Å². The normalized spacial score (nSPS) is 17.0. The average Bonchev–Trinajstić information content (AvgIpc) is 3.29. The van der Waals surface area contributed by atoms with E-state index in [0.717, 1.165) is 40.9 Å². The Labute approximate surface area is 173 Å². The Morgan fingerprint density at radius 2 is 2.03 bits per heavy atom. The summed E-state index contributed by atoms with van der Waals surface area (Å²) < 4.78 is 7.19. The number of amides is 1. The summed E-state index contributed by atoms with van der Waals surface area (Å²) >= 11 is 0. The second-order valence-electron chi connectivity index (χ2n) is 7.88. The van der Waals surface area contributed by atoms with Gasteiger partial charge in [-0.05, 0) is 45.2 Å².